The Morgan fingerprint density at radius 2 is 1.76 bits per heavy atom. The highest BCUT2D eigenvalue weighted by molar-refractivity contribution is 9.10. The fourth-order valence-electron chi connectivity index (χ4n) is 2.30. The van der Waals surface area contributed by atoms with Crippen LogP contribution >= 0.6 is 15.9 Å². The van der Waals surface area contributed by atoms with Gasteiger partial charge in [0, 0.05) is 4.47 Å². The van der Waals surface area contributed by atoms with E-state index >= 15 is 0 Å². The topological polar surface area (TPSA) is 0 Å². The lowest BCUT2D eigenvalue weighted by molar-refractivity contribution is 0.301. The summed E-state index contributed by atoms with van der Waals surface area (Å²) in [5, 5.41) is 0. The average Bonchev–Trinajstić information content (AvgIpc) is 2.17. The Kier molecular flexibility index (Phi) is 4.83. The Morgan fingerprint density at radius 1 is 1.18 bits per heavy atom. The van der Waals surface area contributed by atoms with Gasteiger partial charge in [0.25, 0.3) is 0 Å². The summed E-state index contributed by atoms with van der Waals surface area (Å²) >= 11 is 3.58. The van der Waals surface area contributed by atoms with Gasteiger partial charge in [-0.05, 0) is 47.8 Å². The van der Waals surface area contributed by atoms with E-state index in [1.165, 1.54) is 22.0 Å². The highest BCUT2D eigenvalue weighted by Crippen LogP contribution is 2.37. The van der Waals surface area contributed by atoms with Crippen molar-refractivity contribution in [1.82, 2.24) is 0 Å². The molecule has 1 heteroatoms. The van der Waals surface area contributed by atoms with E-state index in [2.05, 4.69) is 75.7 Å². The SMILES string of the molecule is Cc1cc(C(CC(C)(C)C)C(C)C)ccc1Br. The molecular formula is C16H25Br. The maximum absolute atomic E-state index is 3.58. The van der Waals surface area contributed by atoms with Crippen LogP contribution in [0, 0.1) is 18.3 Å². The zero-order valence-electron chi connectivity index (χ0n) is 12.0. The van der Waals surface area contributed by atoms with E-state index in [1.807, 2.05) is 0 Å². The van der Waals surface area contributed by atoms with Crippen LogP contribution in [0.15, 0.2) is 22.7 Å². The Morgan fingerprint density at radius 3 is 2.18 bits per heavy atom. The molecule has 0 heterocycles. The molecular weight excluding hydrogens is 272 g/mol. The lowest BCUT2D eigenvalue weighted by atomic mass is 9.76. The minimum atomic E-state index is 0.385. The zero-order valence-corrected chi connectivity index (χ0v) is 13.6. The first-order valence-electron chi connectivity index (χ1n) is 6.47. The van der Waals surface area contributed by atoms with Crippen molar-refractivity contribution in [3.05, 3.63) is 33.8 Å². The lowest BCUT2D eigenvalue weighted by Gasteiger charge is -2.29. The van der Waals surface area contributed by atoms with Crippen molar-refractivity contribution >= 4 is 15.9 Å². The summed E-state index contributed by atoms with van der Waals surface area (Å²) in [6.45, 7) is 13.8. The molecule has 1 atom stereocenters. The molecule has 17 heavy (non-hydrogen) atoms. The molecule has 0 N–H and O–H groups in total. The van der Waals surface area contributed by atoms with Gasteiger partial charge in [0.1, 0.15) is 0 Å². The minimum absolute atomic E-state index is 0.385. The number of rotatable bonds is 3. The van der Waals surface area contributed by atoms with Gasteiger partial charge in [-0.15, -0.1) is 0 Å². The molecule has 1 unspecified atom stereocenters. The molecule has 0 fully saturated rings. The first-order chi connectivity index (χ1) is 7.70. The summed E-state index contributed by atoms with van der Waals surface area (Å²) < 4.78 is 1.21. The molecule has 0 aromatic heterocycles. The minimum Gasteiger partial charge on any atom is -0.0622 e. The molecule has 0 saturated heterocycles. The third kappa shape index (κ3) is 4.46. The largest absolute Gasteiger partial charge is 0.0622 e. The normalized spacial score (nSPS) is 14.1. The van der Waals surface area contributed by atoms with Gasteiger partial charge in [0.15, 0.2) is 0 Å². The molecule has 0 spiro atoms. The second-order valence-corrected chi connectivity index (χ2v) is 7.48. The smallest absolute Gasteiger partial charge is 0.0204 e. The van der Waals surface area contributed by atoms with E-state index in [1.54, 1.807) is 0 Å². The van der Waals surface area contributed by atoms with Gasteiger partial charge in [-0.2, -0.15) is 0 Å². The van der Waals surface area contributed by atoms with Crippen LogP contribution in [0.2, 0.25) is 0 Å². The van der Waals surface area contributed by atoms with Gasteiger partial charge in [-0.1, -0.05) is 62.7 Å². The van der Waals surface area contributed by atoms with Gasteiger partial charge >= 0.3 is 0 Å². The van der Waals surface area contributed by atoms with E-state index in [9.17, 15) is 0 Å². The fourth-order valence-corrected chi connectivity index (χ4v) is 2.54. The first kappa shape index (κ1) is 14.8. The van der Waals surface area contributed by atoms with E-state index in [0.717, 1.165) is 0 Å². The molecule has 0 aliphatic carbocycles. The van der Waals surface area contributed by atoms with Crippen LogP contribution in [0.25, 0.3) is 0 Å². The maximum Gasteiger partial charge on any atom is 0.0204 e. The quantitative estimate of drug-likeness (QED) is 0.648. The van der Waals surface area contributed by atoms with Gasteiger partial charge in [-0.25, -0.2) is 0 Å². The highest BCUT2D eigenvalue weighted by Gasteiger charge is 2.23. The van der Waals surface area contributed by atoms with E-state index in [-0.39, 0.29) is 0 Å². The average molecular weight is 297 g/mol. The molecule has 0 amide bonds. The van der Waals surface area contributed by atoms with Crippen LogP contribution in [0.5, 0.6) is 0 Å². The lowest BCUT2D eigenvalue weighted by Crippen LogP contribution is -2.16. The monoisotopic (exact) mass is 296 g/mol. The summed E-state index contributed by atoms with van der Waals surface area (Å²) in [5.41, 5.74) is 3.20. The maximum atomic E-state index is 3.58. The Labute approximate surface area is 115 Å². The second kappa shape index (κ2) is 5.56. The van der Waals surface area contributed by atoms with Crippen molar-refractivity contribution in [2.75, 3.05) is 0 Å². The van der Waals surface area contributed by atoms with Gasteiger partial charge in [0.05, 0.1) is 0 Å². The van der Waals surface area contributed by atoms with Crippen molar-refractivity contribution in [3.8, 4) is 0 Å². The molecule has 96 valence electrons. The van der Waals surface area contributed by atoms with Crippen molar-refractivity contribution in [2.45, 2.75) is 53.9 Å². The number of benzene rings is 1. The van der Waals surface area contributed by atoms with Crippen molar-refractivity contribution < 1.29 is 0 Å². The van der Waals surface area contributed by atoms with Crippen LogP contribution in [0.4, 0.5) is 0 Å². The molecule has 1 aromatic carbocycles. The summed E-state index contributed by atoms with van der Waals surface area (Å²) in [5.74, 6) is 1.34. The van der Waals surface area contributed by atoms with Gasteiger partial charge in [0.2, 0.25) is 0 Å². The predicted molar refractivity (Wildman–Crippen MR) is 80.5 cm³/mol. The Balaban J connectivity index is 3.02. The Bertz CT molecular complexity index is 372. The van der Waals surface area contributed by atoms with Crippen LogP contribution in [0.3, 0.4) is 0 Å². The van der Waals surface area contributed by atoms with Crippen molar-refractivity contribution in [2.24, 2.45) is 11.3 Å². The number of hydrogen-bond acceptors (Lipinski definition) is 0. The highest BCUT2D eigenvalue weighted by atomic mass is 79.9. The van der Waals surface area contributed by atoms with Crippen molar-refractivity contribution in [1.29, 1.82) is 0 Å². The second-order valence-electron chi connectivity index (χ2n) is 6.62. The summed E-state index contributed by atoms with van der Waals surface area (Å²) in [4.78, 5) is 0. The summed E-state index contributed by atoms with van der Waals surface area (Å²) in [7, 11) is 0. The Hall–Kier alpha value is -0.300. The number of aryl methyl sites for hydroxylation is 1. The third-order valence-electron chi connectivity index (χ3n) is 3.25. The third-order valence-corrected chi connectivity index (χ3v) is 4.14. The van der Waals surface area contributed by atoms with Crippen LogP contribution in [-0.2, 0) is 0 Å². The molecule has 1 rings (SSSR count). The summed E-state index contributed by atoms with van der Waals surface area (Å²) in [6, 6.07) is 6.79. The number of halogens is 1. The van der Waals surface area contributed by atoms with Gasteiger partial charge < -0.3 is 0 Å². The standard InChI is InChI=1S/C16H25Br/c1-11(2)14(10-16(4,5)6)13-7-8-15(17)12(3)9-13/h7-9,11,14H,10H2,1-6H3. The zero-order chi connectivity index (χ0) is 13.2. The van der Waals surface area contributed by atoms with E-state index in [0.29, 0.717) is 17.3 Å². The fraction of sp³-hybridized carbons (Fsp3) is 0.625. The molecule has 0 aliphatic rings. The molecule has 1 aromatic rings. The van der Waals surface area contributed by atoms with Crippen LogP contribution in [-0.4, -0.2) is 0 Å². The predicted octanol–water partition coefficient (Wildman–Crippen LogP) is 5.93. The van der Waals surface area contributed by atoms with E-state index in [4.69, 9.17) is 0 Å². The number of hydrogen-bond donors (Lipinski definition) is 0. The van der Waals surface area contributed by atoms with Crippen LogP contribution in [0.1, 0.15) is 58.1 Å². The van der Waals surface area contributed by atoms with E-state index < -0.39 is 0 Å². The molecule has 0 bridgehead atoms. The first-order valence-corrected chi connectivity index (χ1v) is 7.26. The van der Waals surface area contributed by atoms with Gasteiger partial charge in [-0.3, -0.25) is 0 Å². The van der Waals surface area contributed by atoms with Crippen molar-refractivity contribution in [3.63, 3.8) is 0 Å². The summed E-state index contributed by atoms with van der Waals surface area (Å²) in [6.07, 6.45) is 1.24. The molecule has 0 saturated carbocycles. The molecule has 0 nitrogen and oxygen atoms in total. The molecule has 0 radical (unpaired) electrons. The molecule has 0 aliphatic heterocycles. The van der Waals surface area contributed by atoms with Crippen LogP contribution < -0.4 is 0 Å².